The number of anilines is 1. The minimum atomic E-state index is -0.140. The van der Waals surface area contributed by atoms with Gasteiger partial charge in [-0.2, -0.15) is 0 Å². The van der Waals surface area contributed by atoms with Gasteiger partial charge in [0.15, 0.2) is 0 Å². The first kappa shape index (κ1) is 14.2. The molecule has 1 amide bonds. The summed E-state index contributed by atoms with van der Waals surface area (Å²) in [5.74, 6) is 0.167. The zero-order chi connectivity index (χ0) is 17.0. The Balaban J connectivity index is 1.55. The predicted molar refractivity (Wildman–Crippen MR) is 98.0 cm³/mol. The van der Waals surface area contributed by atoms with Crippen LogP contribution in [0.2, 0.25) is 0 Å². The molecule has 0 radical (unpaired) electrons. The number of hydrogen-bond acceptors (Lipinski definition) is 2. The molecule has 1 aliphatic rings. The molecule has 0 aliphatic carbocycles. The maximum Gasteiger partial charge on any atom is 0.234 e. The Morgan fingerprint density at radius 3 is 2.72 bits per heavy atom. The fourth-order valence-corrected chi connectivity index (χ4v) is 3.91. The molecule has 25 heavy (non-hydrogen) atoms. The van der Waals surface area contributed by atoms with Gasteiger partial charge in [-0.3, -0.25) is 4.79 Å². The molecule has 1 saturated heterocycles. The van der Waals surface area contributed by atoms with Gasteiger partial charge in [0.1, 0.15) is 5.75 Å². The number of hydrogen-bond donors (Lipinski definition) is 3. The van der Waals surface area contributed by atoms with Crippen LogP contribution in [0.3, 0.4) is 0 Å². The second-order valence-electron chi connectivity index (χ2n) is 6.52. The zero-order valence-corrected chi connectivity index (χ0v) is 13.5. The lowest BCUT2D eigenvalue weighted by molar-refractivity contribution is -0.118. The Labute approximate surface area is 143 Å². The Hall–Kier alpha value is -3.21. The normalized spacial score (nSPS) is 17.8. The third-order valence-corrected chi connectivity index (χ3v) is 5.14. The molecule has 0 spiro atoms. The highest BCUT2D eigenvalue weighted by Crippen LogP contribution is 2.38. The molecule has 1 unspecified atom stereocenters. The summed E-state index contributed by atoms with van der Waals surface area (Å²) in [5.41, 5.74) is 3.86. The highest BCUT2D eigenvalue weighted by atomic mass is 16.3. The highest BCUT2D eigenvalue weighted by Gasteiger charge is 2.35. The van der Waals surface area contributed by atoms with Crippen molar-refractivity contribution in [3.8, 4) is 5.75 Å². The molecule has 5 heteroatoms. The van der Waals surface area contributed by atoms with Crippen molar-refractivity contribution in [2.24, 2.45) is 0 Å². The van der Waals surface area contributed by atoms with E-state index in [9.17, 15) is 9.90 Å². The molecule has 2 aromatic heterocycles. The summed E-state index contributed by atoms with van der Waals surface area (Å²) in [6, 6.07) is 13.2. The summed E-state index contributed by atoms with van der Waals surface area (Å²) >= 11 is 0. The maximum atomic E-state index is 13.1. The van der Waals surface area contributed by atoms with Gasteiger partial charge in [0.05, 0.1) is 11.6 Å². The lowest BCUT2D eigenvalue weighted by Crippen LogP contribution is -2.26. The molecule has 1 atom stereocenters. The number of aromatic hydroxyl groups is 1. The molecule has 1 aliphatic heterocycles. The second kappa shape index (κ2) is 5.14. The number of rotatable bonds is 2. The van der Waals surface area contributed by atoms with Crippen molar-refractivity contribution >= 4 is 33.4 Å². The van der Waals surface area contributed by atoms with Gasteiger partial charge in [-0.15, -0.1) is 0 Å². The average Bonchev–Trinajstić information content (AvgIpc) is 3.31. The number of aromatic nitrogens is 2. The predicted octanol–water partition coefficient (Wildman–Crippen LogP) is 3.88. The molecular formula is C20H17N3O2. The maximum absolute atomic E-state index is 13.1. The topological polar surface area (TPSA) is 72.1 Å². The van der Waals surface area contributed by atoms with Crippen LogP contribution in [0.1, 0.15) is 17.9 Å². The van der Waals surface area contributed by atoms with Crippen molar-refractivity contribution in [1.29, 1.82) is 0 Å². The smallest absolute Gasteiger partial charge is 0.234 e. The van der Waals surface area contributed by atoms with Crippen LogP contribution >= 0.6 is 0 Å². The van der Waals surface area contributed by atoms with E-state index >= 15 is 0 Å². The molecule has 5 rings (SSSR count). The SMILES string of the molecule is O=C1C(c2c[nH]c3ccccc23)CCN1c1c[nH]c2ccc(O)cc12. The highest BCUT2D eigenvalue weighted by molar-refractivity contribution is 6.08. The number of nitrogens with one attached hydrogen (secondary N) is 2. The molecule has 2 aromatic carbocycles. The minimum Gasteiger partial charge on any atom is -0.508 e. The number of benzene rings is 2. The van der Waals surface area contributed by atoms with Crippen LogP contribution in [0.5, 0.6) is 5.75 Å². The number of carbonyl (C=O) groups excluding carboxylic acids is 1. The molecule has 0 bridgehead atoms. The first-order chi connectivity index (χ1) is 12.2. The molecule has 5 nitrogen and oxygen atoms in total. The van der Waals surface area contributed by atoms with Gasteiger partial charge in [0, 0.05) is 40.7 Å². The Kier molecular flexibility index (Phi) is 2.91. The van der Waals surface area contributed by atoms with Crippen LogP contribution in [0, 0.1) is 0 Å². The molecule has 0 saturated carbocycles. The number of fused-ring (bicyclic) bond motifs is 2. The molecule has 3 heterocycles. The van der Waals surface area contributed by atoms with E-state index in [2.05, 4.69) is 16.0 Å². The van der Waals surface area contributed by atoms with Crippen LogP contribution in [0.15, 0.2) is 54.9 Å². The molecule has 3 N–H and O–H groups in total. The van der Waals surface area contributed by atoms with E-state index in [1.165, 1.54) is 0 Å². The van der Waals surface area contributed by atoms with E-state index in [-0.39, 0.29) is 17.6 Å². The summed E-state index contributed by atoms with van der Waals surface area (Å²) in [6.45, 7) is 0.672. The lowest BCUT2D eigenvalue weighted by atomic mass is 9.97. The van der Waals surface area contributed by atoms with E-state index < -0.39 is 0 Å². The van der Waals surface area contributed by atoms with Gasteiger partial charge >= 0.3 is 0 Å². The summed E-state index contributed by atoms with van der Waals surface area (Å²) in [6.07, 6.45) is 4.59. The van der Waals surface area contributed by atoms with Crippen molar-refractivity contribution in [1.82, 2.24) is 9.97 Å². The van der Waals surface area contributed by atoms with Crippen molar-refractivity contribution < 1.29 is 9.90 Å². The van der Waals surface area contributed by atoms with Crippen molar-refractivity contribution in [2.45, 2.75) is 12.3 Å². The summed E-state index contributed by atoms with van der Waals surface area (Å²) < 4.78 is 0. The van der Waals surface area contributed by atoms with Crippen LogP contribution < -0.4 is 4.90 Å². The standard InChI is InChI=1S/C20H17N3O2/c24-12-5-6-18-15(9-12)19(11-22-18)23-8-7-14(20(23)25)16-10-21-17-4-2-1-3-13(16)17/h1-6,9-11,14,21-22,24H,7-8H2. The number of para-hydroxylation sites is 1. The van der Waals surface area contributed by atoms with Gasteiger partial charge in [0.2, 0.25) is 5.91 Å². The third-order valence-electron chi connectivity index (χ3n) is 5.14. The Morgan fingerprint density at radius 1 is 1.00 bits per heavy atom. The Bertz CT molecular complexity index is 1110. The van der Waals surface area contributed by atoms with Gasteiger partial charge in [-0.25, -0.2) is 0 Å². The van der Waals surface area contributed by atoms with Gasteiger partial charge < -0.3 is 20.0 Å². The Morgan fingerprint density at radius 2 is 1.80 bits per heavy atom. The second-order valence-corrected chi connectivity index (χ2v) is 6.52. The first-order valence-electron chi connectivity index (χ1n) is 8.40. The number of amides is 1. The van der Waals surface area contributed by atoms with Crippen LogP contribution in [-0.2, 0) is 4.79 Å². The molecule has 4 aromatic rings. The fourth-order valence-electron chi connectivity index (χ4n) is 3.91. The van der Waals surface area contributed by atoms with Crippen LogP contribution in [0.4, 0.5) is 5.69 Å². The number of aromatic amines is 2. The van der Waals surface area contributed by atoms with Gasteiger partial charge in [-0.05, 0) is 36.2 Å². The largest absolute Gasteiger partial charge is 0.508 e. The van der Waals surface area contributed by atoms with E-state index in [1.54, 1.807) is 12.1 Å². The number of carbonyl (C=O) groups is 1. The zero-order valence-electron chi connectivity index (χ0n) is 13.5. The molecular weight excluding hydrogens is 314 g/mol. The van der Waals surface area contributed by atoms with Crippen LogP contribution in [-0.4, -0.2) is 27.5 Å². The first-order valence-corrected chi connectivity index (χ1v) is 8.40. The minimum absolute atomic E-state index is 0.106. The summed E-state index contributed by atoms with van der Waals surface area (Å²) in [7, 11) is 0. The number of phenolic OH excluding ortho intramolecular Hbond substituents is 1. The number of phenols is 1. The molecule has 124 valence electrons. The van der Waals surface area contributed by atoms with E-state index in [4.69, 9.17) is 0 Å². The fraction of sp³-hybridized carbons (Fsp3) is 0.150. The third kappa shape index (κ3) is 2.05. The summed E-state index contributed by atoms with van der Waals surface area (Å²) in [4.78, 5) is 21.4. The van der Waals surface area contributed by atoms with Crippen molar-refractivity contribution in [2.75, 3.05) is 11.4 Å². The monoisotopic (exact) mass is 331 g/mol. The lowest BCUT2D eigenvalue weighted by Gasteiger charge is -2.16. The average molecular weight is 331 g/mol. The van der Waals surface area contributed by atoms with Gasteiger partial charge in [-0.1, -0.05) is 18.2 Å². The number of H-pyrrole nitrogens is 2. The van der Waals surface area contributed by atoms with E-state index in [0.717, 1.165) is 39.5 Å². The van der Waals surface area contributed by atoms with Crippen LogP contribution in [0.25, 0.3) is 21.8 Å². The van der Waals surface area contributed by atoms with Crippen molar-refractivity contribution in [3.05, 3.63) is 60.4 Å². The van der Waals surface area contributed by atoms with Gasteiger partial charge in [0.25, 0.3) is 0 Å². The van der Waals surface area contributed by atoms with E-state index in [1.807, 2.05) is 41.6 Å². The molecule has 1 fully saturated rings. The number of nitrogens with zero attached hydrogens (tertiary/aromatic N) is 1. The quantitative estimate of drug-likeness (QED) is 0.522. The summed E-state index contributed by atoms with van der Waals surface area (Å²) in [5, 5.41) is 11.8. The van der Waals surface area contributed by atoms with Crippen molar-refractivity contribution in [3.63, 3.8) is 0 Å². The van der Waals surface area contributed by atoms with E-state index in [0.29, 0.717) is 6.54 Å².